The van der Waals surface area contributed by atoms with E-state index in [9.17, 15) is 14.4 Å². The maximum atomic E-state index is 12.1. The lowest BCUT2D eigenvalue weighted by Gasteiger charge is -2.30. The molecule has 0 spiro atoms. The molecular weight excluding hydrogens is 260 g/mol. The van der Waals surface area contributed by atoms with Crippen molar-refractivity contribution in [3.05, 3.63) is 33.7 Å². The van der Waals surface area contributed by atoms with Gasteiger partial charge in [-0.15, -0.1) is 0 Å². The Bertz CT molecular complexity index is 569. The first-order valence-corrected chi connectivity index (χ1v) is 6.34. The molecule has 20 heavy (non-hydrogen) atoms. The molecule has 1 amide bonds. The number of carboxylic acid groups (broad SMARTS) is 1. The predicted molar refractivity (Wildman–Crippen MR) is 74.8 cm³/mol. The molecule has 0 aromatic carbocycles. The van der Waals surface area contributed by atoms with Crippen molar-refractivity contribution in [2.75, 3.05) is 0 Å². The quantitative estimate of drug-likeness (QED) is 0.774. The van der Waals surface area contributed by atoms with E-state index in [1.165, 1.54) is 6.07 Å². The van der Waals surface area contributed by atoms with Crippen LogP contribution in [0.3, 0.4) is 0 Å². The van der Waals surface area contributed by atoms with Crippen molar-refractivity contribution in [1.82, 2.24) is 10.3 Å². The molecule has 0 aliphatic heterocycles. The lowest BCUT2D eigenvalue weighted by atomic mass is 9.84. The van der Waals surface area contributed by atoms with Crippen LogP contribution in [-0.4, -0.2) is 28.0 Å². The molecule has 0 aliphatic carbocycles. The van der Waals surface area contributed by atoms with Crippen LogP contribution in [0, 0.1) is 12.3 Å². The minimum absolute atomic E-state index is 0.0183. The smallest absolute Gasteiger partial charge is 0.305 e. The number of carbonyl (C=O) groups excluding carboxylic acids is 1. The van der Waals surface area contributed by atoms with Gasteiger partial charge >= 0.3 is 5.97 Å². The summed E-state index contributed by atoms with van der Waals surface area (Å²) >= 11 is 0. The molecule has 1 unspecified atom stereocenters. The summed E-state index contributed by atoms with van der Waals surface area (Å²) in [5.41, 5.74) is -0.268. The SMILES string of the molecule is Cc1ccc(C(=O)NC(CC(=O)O)C(C)(C)C)c(=O)[nH]1. The number of aromatic nitrogens is 1. The number of aromatic amines is 1. The van der Waals surface area contributed by atoms with Gasteiger partial charge in [0.15, 0.2) is 0 Å². The Morgan fingerprint density at radius 1 is 1.35 bits per heavy atom. The maximum absolute atomic E-state index is 12.1. The van der Waals surface area contributed by atoms with E-state index in [0.717, 1.165) is 0 Å². The molecule has 3 N–H and O–H groups in total. The van der Waals surface area contributed by atoms with Gasteiger partial charge in [-0.1, -0.05) is 20.8 Å². The normalized spacial score (nSPS) is 12.8. The van der Waals surface area contributed by atoms with E-state index < -0.39 is 28.9 Å². The summed E-state index contributed by atoms with van der Waals surface area (Å²) < 4.78 is 0. The third kappa shape index (κ3) is 4.22. The van der Waals surface area contributed by atoms with Crippen LogP contribution in [0.25, 0.3) is 0 Å². The molecule has 1 atom stereocenters. The molecule has 1 heterocycles. The average molecular weight is 280 g/mol. The zero-order valence-electron chi connectivity index (χ0n) is 12.1. The molecule has 0 saturated carbocycles. The summed E-state index contributed by atoms with van der Waals surface area (Å²) in [6, 6.07) is 2.50. The predicted octanol–water partition coefficient (Wildman–Crippen LogP) is 1.30. The van der Waals surface area contributed by atoms with Crippen LogP contribution in [-0.2, 0) is 4.79 Å². The first kappa shape index (κ1) is 15.9. The van der Waals surface area contributed by atoms with Crippen molar-refractivity contribution >= 4 is 11.9 Å². The first-order valence-electron chi connectivity index (χ1n) is 6.34. The molecule has 6 heteroatoms. The monoisotopic (exact) mass is 280 g/mol. The number of H-pyrrole nitrogens is 1. The van der Waals surface area contributed by atoms with Crippen LogP contribution in [0.1, 0.15) is 43.2 Å². The Morgan fingerprint density at radius 2 is 1.95 bits per heavy atom. The highest BCUT2D eigenvalue weighted by Crippen LogP contribution is 2.22. The minimum atomic E-state index is -0.997. The Morgan fingerprint density at radius 3 is 2.40 bits per heavy atom. The molecule has 0 aliphatic rings. The number of nitrogens with one attached hydrogen (secondary N) is 2. The molecule has 0 bridgehead atoms. The van der Waals surface area contributed by atoms with Crippen molar-refractivity contribution in [3.63, 3.8) is 0 Å². The molecule has 1 rings (SSSR count). The van der Waals surface area contributed by atoms with Gasteiger partial charge in [-0.3, -0.25) is 14.4 Å². The molecule has 110 valence electrons. The highest BCUT2D eigenvalue weighted by atomic mass is 16.4. The zero-order chi connectivity index (χ0) is 15.5. The lowest BCUT2D eigenvalue weighted by molar-refractivity contribution is -0.138. The van der Waals surface area contributed by atoms with E-state index >= 15 is 0 Å². The second-order valence-electron chi connectivity index (χ2n) is 5.87. The van der Waals surface area contributed by atoms with Gasteiger partial charge in [0.2, 0.25) is 0 Å². The van der Waals surface area contributed by atoms with Crippen LogP contribution < -0.4 is 10.9 Å². The number of pyridine rings is 1. The number of aliphatic carboxylic acids is 1. The first-order chi connectivity index (χ1) is 9.11. The second-order valence-corrected chi connectivity index (χ2v) is 5.87. The molecule has 0 fully saturated rings. The minimum Gasteiger partial charge on any atom is -0.481 e. The molecule has 1 aromatic heterocycles. The summed E-state index contributed by atoms with van der Waals surface area (Å²) in [5.74, 6) is -1.56. The standard InChI is InChI=1S/C14H20N2O4/c1-8-5-6-9(12(19)15-8)13(20)16-10(7-11(17)18)14(2,3)4/h5-6,10H,7H2,1-4H3,(H,15,19)(H,16,20)(H,17,18). The van der Waals surface area contributed by atoms with Crippen LogP contribution >= 0.6 is 0 Å². The number of carboxylic acids is 1. The topological polar surface area (TPSA) is 99.3 Å². The fourth-order valence-electron chi connectivity index (χ4n) is 1.74. The largest absolute Gasteiger partial charge is 0.481 e. The van der Waals surface area contributed by atoms with E-state index in [2.05, 4.69) is 10.3 Å². The van der Waals surface area contributed by atoms with E-state index in [-0.39, 0.29) is 12.0 Å². The Balaban J connectivity index is 2.96. The summed E-state index contributed by atoms with van der Waals surface area (Å²) in [4.78, 5) is 37.2. The summed E-state index contributed by atoms with van der Waals surface area (Å²) in [6.07, 6.45) is -0.195. The van der Waals surface area contributed by atoms with E-state index in [4.69, 9.17) is 5.11 Å². The number of rotatable bonds is 4. The van der Waals surface area contributed by atoms with Crippen molar-refractivity contribution in [1.29, 1.82) is 0 Å². The maximum Gasteiger partial charge on any atom is 0.305 e. The second kappa shape index (κ2) is 5.90. The van der Waals surface area contributed by atoms with Crippen LogP contribution in [0.4, 0.5) is 0 Å². The third-order valence-electron chi connectivity index (χ3n) is 3.03. The molecular formula is C14H20N2O4. The van der Waals surface area contributed by atoms with E-state index in [0.29, 0.717) is 5.69 Å². The third-order valence-corrected chi connectivity index (χ3v) is 3.03. The number of amides is 1. The summed E-state index contributed by atoms with van der Waals surface area (Å²) in [7, 11) is 0. The number of aryl methyl sites for hydroxylation is 1. The van der Waals surface area contributed by atoms with E-state index in [1.807, 2.05) is 20.8 Å². The molecule has 1 aromatic rings. The van der Waals surface area contributed by atoms with Crippen molar-refractivity contribution in [2.24, 2.45) is 5.41 Å². The summed E-state index contributed by atoms with van der Waals surface area (Å²) in [5, 5.41) is 11.5. The lowest BCUT2D eigenvalue weighted by Crippen LogP contribution is -2.46. The van der Waals surface area contributed by atoms with Gasteiger partial charge in [-0.2, -0.15) is 0 Å². The fraction of sp³-hybridized carbons (Fsp3) is 0.500. The summed E-state index contributed by atoms with van der Waals surface area (Å²) in [6.45, 7) is 7.21. The van der Waals surface area contributed by atoms with Gasteiger partial charge in [0.05, 0.1) is 6.42 Å². The number of hydrogen-bond donors (Lipinski definition) is 3. The fourth-order valence-corrected chi connectivity index (χ4v) is 1.74. The van der Waals surface area contributed by atoms with Crippen LogP contribution in [0.5, 0.6) is 0 Å². The van der Waals surface area contributed by atoms with Gasteiger partial charge in [-0.05, 0) is 24.5 Å². The van der Waals surface area contributed by atoms with Gasteiger partial charge in [0.1, 0.15) is 5.56 Å². The van der Waals surface area contributed by atoms with E-state index in [1.54, 1.807) is 13.0 Å². The molecule has 0 radical (unpaired) electrons. The molecule has 6 nitrogen and oxygen atoms in total. The average Bonchev–Trinajstić information content (AvgIpc) is 2.25. The van der Waals surface area contributed by atoms with Gasteiger partial charge in [0, 0.05) is 11.7 Å². The van der Waals surface area contributed by atoms with Crippen molar-refractivity contribution < 1.29 is 14.7 Å². The van der Waals surface area contributed by atoms with Crippen LogP contribution in [0.2, 0.25) is 0 Å². The van der Waals surface area contributed by atoms with Gasteiger partial charge in [0.25, 0.3) is 11.5 Å². The Hall–Kier alpha value is -2.11. The molecule has 0 saturated heterocycles. The number of hydrogen-bond acceptors (Lipinski definition) is 3. The van der Waals surface area contributed by atoms with Crippen LogP contribution in [0.15, 0.2) is 16.9 Å². The zero-order valence-corrected chi connectivity index (χ0v) is 12.1. The Labute approximate surface area is 117 Å². The van der Waals surface area contributed by atoms with Crippen molar-refractivity contribution in [3.8, 4) is 0 Å². The Kier molecular flexibility index (Phi) is 4.70. The highest BCUT2D eigenvalue weighted by molar-refractivity contribution is 5.94. The number of carbonyl (C=O) groups is 2. The highest BCUT2D eigenvalue weighted by Gasteiger charge is 2.29. The van der Waals surface area contributed by atoms with Crippen molar-refractivity contribution in [2.45, 2.75) is 40.2 Å². The van der Waals surface area contributed by atoms with Gasteiger partial charge < -0.3 is 15.4 Å². The van der Waals surface area contributed by atoms with Gasteiger partial charge in [-0.25, -0.2) is 0 Å².